The van der Waals surface area contributed by atoms with Gasteiger partial charge in [0.2, 0.25) is 5.78 Å². The number of fused-ring (bicyclic) bond motifs is 1. The van der Waals surface area contributed by atoms with Crippen LogP contribution < -0.4 is 0 Å². The van der Waals surface area contributed by atoms with Crippen LogP contribution in [0.3, 0.4) is 0 Å². The molecule has 2 aliphatic rings. The van der Waals surface area contributed by atoms with Crippen molar-refractivity contribution in [3.63, 3.8) is 0 Å². The molecule has 0 aromatic heterocycles. The number of carbonyl (C=O) groups excluding carboxylic acids is 2. The van der Waals surface area contributed by atoms with E-state index in [4.69, 9.17) is 4.74 Å². The van der Waals surface area contributed by atoms with Crippen LogP contribution in [0.25, 0.3) is 0 Å². The Hall–Kier alpha value is -2.01. The van der Waals surface area contributed by atoms with E-state index in [1.54, 1.807) is 19.1 Å². The van der Waals surface area contributed by atoms with Gasteiger partial charge in [0.25, 0.3) is 0 Å². The molecule has 1 aromatic carbocycles. The molecule has 0 bridgehead atoms. The molecule has 0 radical (unpaired) electrons. The lowest BCUT2D eigenvalue weighted by molar-refractivity contribution is -0.136. The van der Waals surface area contributed by atoms with Gasteiger partial charge in [-0.25, -0.2) is 0 Å². The summed E-state index contributed by atoms with van der Waals surface area (Å²) in [6.07, 6.45) is 2.00. The van der Waals surface area contributed by atoms with Crippen LogP contribution >= 0.6 is 0 Å². The first-order chi connectivity index (χ1) is 12.2. The second-order valence-electron chi connectivity index (χ2n) is 7.56. The van der Waals surface area contributed by atoms with E-state index in [1.165, 1.54) is 13.2 Å². The van der Waals surface area contributed by atoms with Crippen LogP contribution in [0.5, 0.6) is 0 Å². The molecule has 1 unspecified atom stereocenters. The summed E-state index contributed by atoms with van der Waals surface area (Å²) in [6, 6.07) is 7.31. The molecule has 0 N–H and O–H groups in total. The van der Waals surface area contributed by atoms with Crippen LogP contribution in [0.2, 0.25) is 0 Å². The number of hydrogen-bond acceptors (Lipinski definition) is 4. The van der Waals surface area contributed by atoms with Gasteiger partial charge in [0.1, 0.15) is 4.75 Å². The van der Waals surface area contributed by atoms with E-state index in [2.05, 4.69) is 0 Å². The Labute approximate surface area is 156 Å². The van der Waals surface area contributed by atoms with Crippen LogP contribution in [0, 0.1) is 12.3 Å². The standard InChI is InChI=1S/C21H24O4S/c1-13-6-8-16(9-7-13)26(24)21-12-15(3)14(2)11-20(21,4)18(22)10-17(25-5)19(21)23/h6-10H,11-12H2,1-5H3/t20-,21-,26?/m0/s1. The normalized spacial score (nSPS) is 30.0. The Bertz CT molecular complexity index is 878. The van der Waals surface area contributed by atoms with Crippen molar-refractivity contribution in [2.45, 2.75) is 50.2 Å². The van der Waals surface area contributed by atoms with Crippen LogP contribution in [0.1, 0.15) is 39.2 Å². The first kappa shape index (κ1) is 18.8. The number of hydrogen-bond donors (Lipinski definition) is 0. The molecule has 0 fully saturated rings. The highest BCUT2D eigenvalue weighted by Gasteiger charge is 2.65. The molecule has 3 atom stereocenters. The molecule has 0 saturated carbocycles. The third-order valence-corrected chi connectivity index (χ3v) is 8.03. The maximum absolute atomic E-state index is 13.8. The molecule has 5 heteroatoms. The predicted octanol–water partition coefficient (Wildman–Crippen LogP) is 3.66. The van der Waals surface area contributed by atoms with E-state index in [0.29, 0.717) is 17.7 Å². The van der Waals surface area contributed by atoms with Gasteiger partial charge in [-0.2, -0.15) is 0 Å². The number of methoxy groups -OCH3 is 1. The van der Waals surface area contributed by atoms with Crippen LogP contribution in [-0.2, 0) is 25.1 Å². The summed E-state index contributed by atoms with van der Waals surface area (Å²) in [5.74, 6) is -0.533. The van der Waals surface area contributed by atoms with Gasteiger partial charge in [0.15, 0.2) is 11.5 Å². The van der Waals surface area contributed by atoms with Gasteiger partial charge in [-0.3, -0.25) is 13.8 Å². The SMILES string of the molecule is COC1=CC(=O)[C@]2(C)CC(C)=C(C)C[C@]2(S(=O)c2ccc(C)cc2)C1=O. The Morgan fingerprint density at radius 1 is 1.00 bits per heavy atom. The molecule has 0 aliphatic heterocycles. The highest BCUT2D eigenvalue weighted by Crippen LogP contribution is 2.55. The van der Waals surface area contributed by atoms with Crippen molar-refractivity contribution in [3.8, 4) is 0 Å². The van der Waals surface area contributed by atoms with E-state index in [0.717, 1.165) is 16.7 Å². The first-order valence-electron chi connectivity index (χ1n) is 8.66. The fourth-order valence-corrected chi connectivity index (χ4v) is 6.06. The van der Waals surface area contributed by atoms with E-state index in [9.17, 15) is 13.8 Å². The fraction of sp³-hybridized carbons (Fsp3) is 0.429. The summed E-state index contributed by atoms with van der Waals surface area (Å²) in [4.78, 5) is 27.0. The highest BCUT2D eigenvalue weighted by atomic mass is 32.2. The Morgan fingerprint density at radius 2 is 1.58 bits per heavy atom. The van der Waals surface area contributed by atoms with E-state index < -0.39 is 21.0 Å². The summed E-state index contributed by atoms with van der Waals surface area (Å²) in [7, 11) is -0.315. The first-order valence-corrected chi connectivity index (χ1v) is 9.81. The maximum atomic E-state index is 13.8. The molecule has 3 rings (SSSR count). The summed E-state index contributed by atoms with van der Waals surface area (Å²) < 4.78 is 17.6. The van der Waals surface area contributed by atoms with Crippen molar-refractivity contribution in [1.82, 2.24) is 0 Å². The number of ketones is 2. The minimum atomic E-state index is -1.69. The molecular formula is C21H24O4S. The minimum Gasteiger partial charge on any atom is -0.493 e. The van der Waals surface area contributed by atoms with Gasteiger partial charge in [0, 0.05) is 11.0 Å². The number of ether oxygens (including phenoxy) is 1. The average Bonchev–Trinajstić information content (AvgIpc) is 2.61. The lowest BCUT2D eigenvalue weighted by Gasteiger charge is -2.50. The van der Waals surface area contributed by atoms with Crippen molar-refractivity contribution >= 4 is 22.4 Å². The largest absolute Gasteiger partial charge is 0.493 e. The maximum Gasteiger partial charge on any atom is 0.217 e. The summed E-state index contributed by atoms with van der Waals surface area (Å²) >= 11 is 0. The van der Waals surface area contributed by atoms with Crippen molar-refractivity contribution in [2.75, 3.05) is 7.11 Å². The fourth-order valence-electron chi connectivity index (χ4n) is 4.07. The van der Waals surface area contributed by atoms with Gasteiger partial charge < -0.3 is 4.74 Å². The van der Waals surface area contributed by atoms with Crippen LogP contribution in [0.15, 0.2) is 52.1 Å². The Balaban J connectivity index is 2.28. The number of Topliss-reactive ketones (excluding diaryl/α,β-unsaturated/α-hetero) is 1. The third-order valence-electron chi connectivity index (χ3n) is 5.92. The Kier molecular flexibility index (Phi) is 4.55. The van der Waals surface area contributed by atoms with Gasteiger partial charge in [0.05, 0.1) is 23.3 Å². The molecular weight excluding hydrogens is 348 g/mol. The zero-order valence-electron chi connectivity index (χ0n) is 15.8. The second-order valence-corrected chi connectivity index (χ2v) is 9.27. The molecule has 1 aromatic rings. The van der Waals surface area contributed by atoms with Crippen LogP contribution in [-0.4, -0.2) is 27.6 Å². The molecule has 0 saturated heterocycles. The third kappa shape index (κ3) is 2.44. The van der Waals surface area contributed by atoms with Gasteiger partial charge in [-0.15, -0.1) is 0 Å². The monoisotopic (exact) mass is 372 g/mol. The molecule has 0 heterocycles. The number of rotatable bonds is 3. The van der Waals surface area contributed by atoms with Crippen molar-refractivity contribution < 1.29 is 18.5 Å². The second kappa shape index (κ2) is 6.31. The number of carbonyl (C=O) groups is 2. The lowest BCUT2D eigenvalue weighted by Crippen LogP contribution is -2.63. The van der Waals surface area contributed by atoms with E-state index in [1.807, 2.05) is 32.9 Å². The molecule has 26 heavy (non-hydrogen) atoms. The van der Waals surface area contributed by atoms with Gasteiger partial charge in [-0.1, -0.05) is 35.8 Å². The average molecular weight is 372 g/mol. The minimum absolute atomic E-state index is 0.000268. The smallest absolute Gasteiger partial charge is 0.217 e. The lowest BCUT2D eigenvalue weighted by atomic mass is 9.59. The van der Waals surface area contributed by atoms with Crippen LogP contribution in [0.4, 0.5) is 0 Å². The molecule has 2 aliphatic carbocycles. The number of allylic oxidation sites excluding steroid dienone is 4. The number of benzene rings is 1. The highest BCUT2D eigenvalue weighted by molar-refractivity contribution is 7.87. The van der Waals surface area contributed by atoms with Gasteiger partial charge in [-0.05, 0) is 45.7 Å². The topological polar surface area (TPSA) is 60.4 Å². The Morgan fingerprint density at radius 3 is 2.15 bits per heavy atom. The molecule has 0 amide bonds. The summed E-state index contributed by atoms with van der Waals surface area (Å²) in [6.45, 7) is 7.66. The van der Waals surface area contributed by atoms with E-state index >= 15 is 0 Å². The zero-order valence-corrected chi connectivity index (χ0v) is 16.7. The summed E-state index contributed by atoms with van der Waals surface area (Å²) in [5.41, 5.74) is 2.09. The quantitative estimate of drug-likeness (QED) is 0.760. The van der Waals surface area contributed by atoms with Crippen molar-refractivity contribution in [2.24, 2.45) is 5.41 Å². The van der Waals surface area contributed by atoms with E-state index in [-0.39, 0.29) is 17.3 Å². The summed E-state index contributed by atoms with van der Waals surface area (Å²) in [5, 5.41) is 0. The van der Waals surface area contributed by atoms with Crippen molar-refractivity contribution in [1.29, 1.82) is 0 Å². The number of aryl methyl sites for hydroxylation is 1. The zero-order chi connectivity index (χ0) is 19.3. The molecule has 0 spiro atoms. The predicted molar refractivity (Wildman–Crippen MR) is 101 cm³/mol. The van der Waals surface area contributed by atoms with Gasteiger partial charge >= 0.3 is 0 Å². The van der Waals surface area contributed by atoms with Crippen molar-refractivity contribution in [3.05, 3.63) is 52.8 Å². The molecule has 4 nitrogen and oxygen atoms in total. The molecule has 138 valence electrons.